The summed E-state index contributed by atoms with van der Waals surface area (Å²) in [6.45, 7) is 0. The highest BCUT2D eigenvalue weighted by atomic mass is 35.5. The Morgan fingerprint density at radius 1 is 1.15 bits per heavy atom. The minimum atomic E-state index is -0.149. The Labute approximate surface area is 123 Å². The molecule has 5 heteroatoms. The van der Waals surface area contributed by atoms with E-state index in [4.69, 9.17) is 21.9 Å². The molecule has 1 aliphatic carbocycles. The molecular formula is C15H18ClN3O. The van der Waals surface area contributed by atoms with E-state index in [0.29, 0.717) is 22.7 Å². The van der Waals surface area contributed by atoms with Crippen molar-refractivity contribution < 1.29 is 4.52 Å². The van der Waals surface area contributed by atoms with Crippen LogP contribution in [0.1, 0.15) is 44.0 Å². The first-order chi connectivity index (χ1) is 9.74. The van der Waals surface area contributed by atoms with Gasteiger partial charge in [-0.3, -0.25) is 0 Å². The van der Waals surface area contributed by atoms with E-state index >= 15 is 0 Å². The molecule has 2 aromatic rings. The molecule has 1 fully saturated rings. The second-order valence-electron chi connectivity index (χ2n) is 5.39. The molecule has 0 radical (unpaired) electrons. The van der Waals surface area contributed by atoms with Crippen molar-refractivity contribution in [3.05, 3.63) is 35.2 Å². The van der Waals surface area contributed by atoms with Crippen LogP contribution < -0.4 is 5.73 Å². The quantitative estimate of drug-likeness (QED) is 0.929. The number of nitrogens with two attached hydrogens (primary N) is 1. The summed E-state index contributed by atoms with van der Waals surface area (Å²) < 4.78 is 5.35. The fourth-order valence-corrected chi connectivity index (χ4v) is 2.91. The molecule has 1 aromatic carbocycles. The Kier molecular flexibility index (Phi) is 4.03. The predicted octanol–water partition coefficient (Wildman–Crippen LogP) is 3.97. The lowest BCUT2D eigenvalue weighted by molar-refractivity contribution is 0.255. The first kappa shape index (κ1) is 13.6. The zero-order chi connectivity index (χ0) is 13.9. The number of halogens is 1. The van der Waals surface area contributed by atoms with Gasteiger partial charge in [0.1, 0.15) is 0 Å². The molecule has 1 atom stereocenters. The smallest absolute Gasteiger partial charge is 0.244 e. The Morgan fingerprint density at radius 2 is 1.85 bits per heavy atom. The van der Waals surface area contributed by atoms with E-state index in [1.807, 2.05) is 24.3 Å². The number of rotatable bonds is 3. The van der Waals surface area contributed by atoms with Gasteiger partial charge in [-0.2, -0.15) is 4.98 Å². The van der Waals surface area contributed by atoms with Crippen LogP contribution >= 0.6 is 11.6 Å². The molecule has 4 nitrogen and oxygen atoms in total. The molecule has 2 N–H and O–H groups in total. The van der Waals surface area contributed by atoms with Crippen LogP contribution in [0.4, 0.5) is 0 Å². The van der Waals surface area contributed by atoms with E-state index in [1.54, 1.807) is 0 Å². The molecule has 3 rings (SSSR count). The molecule has 0 spiro atoms. The highest BCUT2D eigenvalue weighted by Crippen LogP contribution is 2.32. The average Bonchev–Trinajstić information content (AvgIpc) is 2.98. The van der Waals surface area contributed by atoms with E-state index in [0.717, 1.165) is 18.4 Å². The Bertz CT molecular complexity index is 561. The summed E-state index contributed by atoms with van der Waals surface area (Å²) in [6.07, 6.45) is 6.11. The van der Waals surface area contributed by atoms with Crippen molar-refractivity contribution in [2.24, 2.45) is 11.7 Å². The van der Waals surface area contributed by atoms with E-state index in [1.165, 1.54) is 19.3 Å². The summed E-state index contributed by atoms with van der Waals surface area (Å²) in [6, 6.07) is 7.23. The van der Waals surface area contributed by atoms with Gasteiger partial charge in [0.15, 0.2) is 0 Å². The summed E-state index contributed by atoms with van der Waals surface area (Å²) in [5, 5.41) is 4.71. The van der Waals surface area contributed by atoms with Gasteiger partial charge in [-0.05, 0) is 43.0 Å². The Morgan fingerprint density at radius 3 is 2.55 bits per heavy atom. The van der Waals surface area contributed by atoms with Gasteiger partial charge in [-0.25, -0.2) is 0 Å². The van der Waals surface area contributed by atoms with Crippen LogP contribution in [0.3, 0.4) is 0 Å². The summed E-state index contributed by atoms with van der Waals surface area (Å²) in [4.78, 5) is 4.44. The summed E-state index contributed by atoms with van der Waals surface area (Å²) in [7, 11) is 0. The average molecular weight is 292 g/mol. The zero-order valence-corrected chi connectivity index (χ0v) is 12.0. The number of hydrogen-bond acceptors (Lipinski definition) is 4. The monoisotopic (exact) mass is 291 g/mol. The number of nitrogens with zero attached hydrogens (tertiary/aromatic N) is 2. The van der Waals surface area contributed by atoms with Crippen molar-refractivity contribution in [1.29, 1.82) is 0 Å². The fourth-order valence-electron chi connectivity index (χ4n) is 2.78. The van der Waals surface area contributed by atoms with Crippen molar-refractivity contribution in [3.8, 4) is 11.4 Å². The van der Waals surface area contributed by atoms with Gasteiger partial charge in [-0.15, -0.1) is 0 Å². The maximum atomic E-state index is 6.27. The minimum Gasteiger partial charge on any atom is -0.337 e. The van der Waals surface area contributed by atoms with Gasteiger partial charge in [0.2, 0.25) is 11.7 Å². The van der Waals surface area contributed by atoms with Crippen molar-refractivity contribution in [1.82, 2.24) is 10.1 Å². The second kappa shape index (κ2) is 5.94. The number of hydrogen-bond donors (Lipinski definition) is 1. The maximum absolute atomic E-state index is 6.27. The van der Waals surface area contributed by atoms with Gasteiger partial charge in [-0.1, -0.05) is 36.0 Å². The predicted molar refractivity (Wildman–Crippen MR) is 78.2 cm³/mol. The van der Waals surface area contributed by atoms with E-state index in [-0.39, 0.29) is 6.04 Å². The summed E-state index contributed by atoms with van der Waals surface area (Å²) >= 11 is 5.87. The van der Waals surface area contributed by atoms with Crippen molar-refractivity contribution in [2.45, 2.75) is 38.1 Å². The largest absolute Gasteiger partial charge is 0.337 e. The zero-order valence-electron chi connectivity index (χ0n) is 11.3. The summed E-state index contributed by atoms with van der Waals surface area (Å²) in [5.74, 6) is 1.58. The second-order valence-corrected chi connectivity index (χ2v) is 5.82. The van der Waals surface area contributed by atoms with Gasteiger partial charge in [0.05, 0.1) is 6.04 Å². The van der Waals surface area contributed by atoms with Crippen molar-refractivity contribution in [2.75, 3.05) is 0 Å². The first-order valence-electron chi connectivity index (χ1n) is 7.09. The molecule has 0 amide bonds. The van der Waals surface area contributed by atoms with Gasteiger partial charge >= 0.3 is 0 Å². The molecule has 1 heterocycles. The lowest BCUT2D eigenvalue weighted by Crippen LogP contribution is -2.23. The molecule has 0 saturated heterocycles. The van der Waals surface area contributed by atoms with E-state index in [9.17, 15) is 0 Å². The molecule has 1 unspecified atom stereocenters. The third-order valence-corrected chi connectivity index (χ3v) is 4.24. The highest BCUT2D eigenvalue weighted by Gasteiger charge is 2.26. The van der Waals surface area contributed by atoms with Crippen LogP contribution in [0.15, 0.2) is 28.8 Å². The normalized spacial score (nSPS) is 18.1. The van der Waals surface area contributed by atoms with Crippen molar-refractivity contribution >= 4 is 11.6 Å². The van der Waals surface area contributed by atoms with Gasteiger partial charge in [0, 0.05) is 10.6 Å². The molecule has 1 saturated carbocycles. The third-order valence-electron chi connectivity index (χ3n) is 3.99. The van der Waals surface area contributed by atoms with Crippen LogP contribution in [0.5, 0.6) is 0 Å². The first-order valence-corrected chi connectivity index (χ1v) is 7.47. The standard InChI is InChI=1S/C15H18ClN3O/c16-12-8-6-11(7-9-12)14-18-15(20-19-14)13(17)10-4-2-1-3-5-10/h6-10,13H,1-5,17H2. The molecule has 0 bridgehead atoms. The molecule has 106 valence electrons. The van der Waals surface area contributed by atoms with Crippen LogP contribution in [0.2, 0.25) is 5.02 Å². The Balaban J connectivity index is 1.77. The van der Waals surface area contributed by atoms with E-state index < -0.39 is 0 Å². The van der Waals surface area contributed by atoms with Gasteiger partial charge in [0.25, 0.3) is 0 Å². The lowest BCUT2D eigenvalue weighted by Gasteiger charge is -2.24. The third kappa shape index (κ3) is 2.86. The highest BCUT2D eigenvalue weighted by molar-refractivity contribution is 6.30. The van der Waals surface area contributed by atoms with Crippen LogP contribution in [-0.4, -0.2) is 10.1 Å². The van der Waals surface area contributed by atoms with Gasteiger partial charge < -0.3 is 10.3 Å². The van der Waals surface area contributed by atoms with E-state index in [2.05, 4.69) is 10.1 Å². The summed E-state index contributed by atoms with van der Waals surface area (Å²) in [5.41, 5.74) is 7.16. The lowest BCUT2D eigenvalue weighted by atomic mass is 9.84. The van der Waals surface area contributed by atoms with Crippen LogP contribution in [0.25, 0.3) is 11.4 Å². The SMILES string of the molecule is NC(c1nc(-c2ccc(Cl)cc2)no1)C1CCCCC1. The maximum Gasteiger partial charge on any atom is 0.244 e. The molecule has 20 heavy (non-hydrogen) atoms. The minimum absolute atomic E-state index is 0.149. The number of benzene rings is 1. The topological polar surface area (TPSA) is 64.9 Å². The van der Waals surface area contributed by atoms with Crippen LogP contribution in [0, 0.1) is 5.92 Å². The molecule has 1 aliphatic rings. The molecular weight excluding hydrogens is 274 g/mol. The molecule has 1 aromatic heterocycles. The number of aromatic nitrogens is 2. The van der Waals surface area contributed by atoms with Crippen LogP contribution in [-0.2, 0) is 0 Å². The van der Waals surface area contributed by atoms with Crippen molar-refractivity contribution in [3.63, 3.8) is 0 Å². The molecule has 0 aliphatic heterocycles. The fraction of sp³-hybridized carbons (Fsp3) is 0.467. The Hall–Kier alpha value is -1.39.